The average molecular weight is 429 g/mol. The van der Waals surface area contributed by atoms with Gasteiger partial charge in [0.05, 0.1) is 17.6 Å². The Morgan fingerprint density at radius 1 is 0.903 bits per heavy atom. The van der Waals surface area contributed by atoms with E-state index in [4.69, 9.17) is 9.84 Å². The summed E-state index contributed by atoms with van der Waals surface area (Å²) in [6.45, 7) is 7.21. The molecule has 2 spiro atoms. The zero-order valence-electron chi connectivity index (χ0n) is 19.6. The van der Waals surface area contributed by atoms with Crippen LogP contribution in [0.4, 0.5) is 0 Å². The first kappa shape index (κ1) is 20.7. The molecule has 4 nitrogen and oxygen atoms in total. The Kier molecular flexibility index (Phi) is 4.25. The number of hydrogen-bond donors (Lipinski definition) is 1. The van der Waals surface area contributed by atoms with Gasteiger partial charge in [-0.15, -0.1) is 0 Å². The van der Waals surface area contributed by atoms with Crippen molar-refractivity contribution in [2.75, 3.05) is 0 Å². The molecule has 1 saturated heterocycles. The number of hydrogen-bond acceptors (Lipinski definition) is 3. The molecule has 6 aliphatic rings. The van der Waals surface area contributed by atoms with Crippen molar-refractivity contribution in [2.45, 2.75) is 109 Å². The zero-order valence-corrected chi connectivity index (χ0v) is 19.6. The highest BCUT2D eigenvalue weighted by Gasteiger charge is 2.72. The first-order valence-electron chi connectivity index (χ1n) is 13.1. The number of ether oxygens (including phenoxy) is 1. The number of Topliss-reactive ketones (excluding diaryl/α,β-unsaturated/α-hetero) is 1. The van der Waals surface area contributed by atoms with Gasteiger partial charge in [-0.3, -0.25) is 9.59 Å². The van der Waals surface area contributed by atoms with Crippen LogP contribution in [-0.4, -0.2) is 28.1 Å². The van der Waals surface area contributed by atoms with Crippen LogP contribution in [0, 0.1) is 46.3 Å². The molecular weight excluding hydrogens is 388 g/mol. The number of rotatable bonds is 4. The molecule has 5 saturated carbocycles. The Morgan fingerprint density at radius 3 is 2.45 bits per heavy atom. The Balaban J connectivity index is 1.16. The molecule has 1 N–H and O–H groups in total. The molecule has 0 bridgehead atoms. The highest BCUT2D eigenvalue weighted by atomic mass is 16.6. The van der Waals surface area contributed by atoms with Crippen molar-refractivity contribution in [1.82, 2.24) is 0 Å². The van der Waals surface area contributed by atoms with Crippen molar-refractivity contribution in [1.29, 1.82) is 0 Å². The Labute approximate surface area is 186 Å². The molecule has 31 heavy (non-hydrogen) atoms. The van der Waals surface area contributed by atoms with E-state index in [1.54, 1.807) is 0 Å². The normalized spacial score (nSPS) is 53.5. The summed E-state index contributed by atoms with van der Waals surface area (Å²) in [6.07, 6.45) is 13.0. The quantitative estimate of drug-likeness (QED) is 0.630. The molecule has 0 aromatic heterocycles. The maximum Gasteiger partial charge on any atom is 0.303 e. The standard InChI is InChI=1S/C27H40O4/c1-24(2)22-8-6-19-17-5-4-16-14-26(15-20(26)21(28)7-9-23(29)30)13-12-25(16,3)18(17)10-11-27(19,22)31-24/h16-20,22H,4-15H2,1-3H3,(H,29,30)/t16?,17-,18?,19?,20-,22?,25+,26?,27-/m1/s1. The maximum atomic E-state index is 12.6. The number of ketones is 1. The van der Waals surface area contributed by atoms with E-state index >= 15 is 0 Å². The molecule has 5 aliphatic carbocycles. The lowest BCUT2D eigenvalue weighted by Gasteiger charge is -2.67. The third-order valence-corrected chi connectivity index (χ3v) is 11.8. The predicted octanol–water partition coefficient (Wildman–Crippen LogP) is 5.63. The van der Waals surface area contributed by atoms with E-state index in [0.29, 0.717) is 5.41 Å². The van der Waals surface area contributed by atoms with E-state index in [0.717, 1.165) is 36.0 Å². The van der Waals surface area contributed by atoms with Crippen molar-refractivity contribution < 1.29 is 19.4 Å². The molecule has 0 amide bonds. The zero-order chi connectivity index (χ0) is 21.8. The second kappa shape index (κ2) is 6.36. The van der Waals surface area contributed by atoms with E-state index < -0.39 is 5.97 Å². The highest BCUT2D eigenvalue weighted by Crippen LogP contribution is 2.74. The minimum absolute atomic E-state index is 0.000674. The van der Waals surface area contributed by atoms with E-state index in [1.165, 1.54) is 57.8 Å². The summed E-state index contributed by atoms with van der Waals surface area (Å²) >= 11 is 0. The number of carbonyl (C=O) groups excluding carboxylic acids is 1. The minimum atomic E-state index is -0.847. The summed E-state index contributed by atoms with van der Waals surface area (Å²) < 4.78 is 6.70. The summed E-state index contributed by atoms with van der Waals surface area (Å²) in [5.41, 5.74) is 0.961. The van der Waals surface area contributed by atoms with Crippen molar-refractivity contribution >= 4 is 11.8 Å². The van der Waals surface area contributed by atoms with Crippen molar-refractivity contribution in [3.8, 4) is 0 Å². The van der Waals surface area contributed by atoms with Gasteiger partial charge < -0.3 is 9.84 Å². The fraction of sp³-hybridized carbons (Fsp3) is 0.926. The van der Waals surface area contributed by atoms with Crippen LogP contribution in [0.5, 0.6) is 0 Å². The van der Waals surface area contributed by atoms with Gasteiger partial charge in [0.2, 0.25) is 0 Å². The van der Waals surface area contributed by atoms with Crippen LogP contribution in [0.25, 0.3) is 0 Å². The molecular formula is C27H40O4. The molecule has 0 aromatic carbocycles. The number of fused-ring (bicyclic) bond motifs is 4. The molecule has 9 atom stereocenters. The monoisotopic (exact) mass is 428 g/mol. The second-order valence-corrected chi connectivity index (χ2v) is 13.2. The Hall–Kier alpha value is -0.900. The summed E-state index contributed by atoms with van der Waals surface area (Å²) in [6, 6.07) is 0. The smallest absolute Gasteiger partial charge is 0.303 e. The van der Waals surface area contributed by atoms with Crippen LogP contribution in [0.1, 0.15) is 97.8 Å². The number of carboxylic acids is 1. The number of aliphatic carboxylic acids is 1. The lowest BCUT2D eigenvalue weighted by atomic mass is 9.44. The topological polar surface area (TPSA) is 63.6 Å². The van der Waals surface area contributed by atoms with Gasteiger partial charge in [0.25, 0.3) is 0 Å². The van der Waals surface area contributed by atoms with Crippen LogP contribution < -0.4 is 0 Å². The number of carboxylic acid groups (broad SMARTS) is 1. The highest BCUT2D eigenvalue weighted by molar-refractivity contribution is 5.87. The van der Waals surface area contributed by atoms with E-state index in [-0.39, 0.29) is 41.2 Å². The van der Waals surface area contributed by atoms with Crippen LogP contribution in [0.15, 0.2) is 0 Å². The third-order valence-electron chi connectivity index (χ3n) is 11.8. The molecule has 0 aromatic rings. The van der Waals surface area contributed by atoms with Crippen LogP contribution in [-0.2, 0) is 14.3 Å². The van der Waals surface area contributed by atoms with Gasteiger partial charge in [-0.2, -0.15) is 0 Å². The van der Waals surface area contributed by atoms with Gasteiger partial charge in [0.15, 0.2) is 0 Å². The van der Waals surface area contributed by atoms with Gasteiger partial charge in [0.1, 0.15) is 5.78 Å². The fourth-order valence-electron chi connectivity index (χ4n) is 10.3. The average Bonchev–Trinajstić information content (AvgIpc) is 3.29. The first-order valence-corrected chi connectivity index (χ1v) is 13.1. The summed E-state index contributed by atoms with van der Waals surface area (Å²) in [4.78, 5) is 23.5. The lowest BCUT2D eigenvalue weighted by Crippen LogP contribution is -2.69. The van der Waals surface area contributed by atoms with Crippen LogP contribution >= 0.6 is 0 Å². The van der Waals surface area contributed by atoms with E-state index in [1.807, 2.05) is 0 Å². The molecule has 6 fully saturated rings. The molecule has 6 rings (SSSR count). The first-order chi connectivity index (χ1) is 14.6. The molecule has 0 radical (unpaired) electrons. The molecule has 1 heterocycles. The largest absolute Gasteiger partial charge is 0.481 e. The molecule has 172 valence electrons. The SMILES string of the molecule is CC1(C)O[C@]23CCC4[C@@H](CCC5CC6(CC[C@@]54C)C[C@@H]6C(=O)CCC(=O)O)C2CCC13. The Morgan fingerprint density at radius 2 is 1.71 bits per heavy atom. The minimum Gasteiger partial charge on any atom is -0.481 e. The van der Waals surface area contributed by atoms with Crippen LogP contribution in [0.3, 0.4) is 0 Å². The van der Waals surface area contributed by atoms with Crippen LogP contribution in [0.2, 0.25) is 0 Å². The molecule has 4 heteroatoms. The second-order valence-electron chi connectivity index (χ2n) is 13.2. The van der Waals surface area contributed by atoms with Crippen molar-refractivity contribution in [3.63, 3.8) is 0 Å². The van der Waals surface area contributed by atoms with Gasteiger partial charge in [-0.1, -0.05) is 6.92 Å². The van der Waals surface area contributed by atoms with Gasteiger partial charge in [-0.25, -0.2) is 0 Å². The molecule has 5 unspecified atom stereocenters. The van der Waals surface area contributed by atoms with E-state index in [2.05, 4.69) is 20.8 Å². The summed E-state index contributed by atoms with van der Waals surface area (Å²) in [7, 11) is 0. The summed E-state index contributed by atoms with van der Waals surface area (Å²) in [5.74, 6) is 3.53. The Bertz CT molecular complexity index is 818. The third kappa shape index (κ3) is 2.69. The molecule has 1 aliphatic heterocycles. The maximum absolute atomic E-state index is 12.6. The van der Waals surface area contributed by atoms with Gasteiger partial charge in [0, 0.05) is 18.3 Å². The fourth-order valence-corrected chi connectivity index (χ4v) is 10.3. The number of carbonyl (C=O) groups is 2. The lowest BCUT2D eigenvalue weighted by molar-refractivity contribution is -0.335. The summed E-state index contributed by atoms with van der Waals surface area (Å²) in [5, 5.41) is 8.94. The van der Waals surface area contributed by atoms with Gasteiger partial charge >= 0.3 is 5.97 Å². The van der Waals surface area contributed by atoms with Crippen molar-refractivity contribution in [3.05, 3.63) is 0 Å². The van der Waals surface area contributed by atoms with Crippen molar-refractivity contribution in [2.24, 2.45) is 46.3 Å². The van der Waals surface area contributed by atoms with Gasteiger partial charge in [-0.05, 0) is 113 Å². The van der Waals surface area contributed by atoms with E-state index in [9.17, 15) is 9.59 Å². The predicted molar refractivity (Wildman–Crippen MR) is 117 cm³/mol.